The lowest BCUT2D eigenvalue weighted by Crippen LogP contribution is -2.04. The molecule has 0 spiro atoms. The fourth-order valence-electron chi connectivity index (χ4n) is 3.09. The molecule has 0 aliphatic heterocycles. The highest BCUT2D eigenvalue weighted by Crippen LogP contribution is 2.12. The van der Waals surface area contributed by atoms with Gasteiger partial charge in [0.15, 0.2) is 0 Å². The summed E-state index contributed by atoms with van der Waals surface area (Å²) in [4.78, 5) is 4.54. The van der Waals surface area contributed by atoms with E-state index in [9.17, 15) is 0 Å². The van der Waals surface area contributed by atoms with Gasteiger partial charge in [-0.2, -0.15) is 0 Å². The molecule has 0 saturated heterocycles. The van der Waals surface area contributed by atoms with E-state index in [1.54, 1.807) is 0 Å². The Labute approximate surface area is 142 Å². The number of aryl methyl sites for hydroxylation is 1. The molecule has 0 atom stereocenters. The Balaban J connectivity index is 1.60. The average Bonchev–Trinajstić information content (AvgIpc) is 3.01. The molecule has 126 valence electrons. The van der Waals surface area contributed by atoms with Crippen LogP contribution in [0.4, 0.5) is 0 Å². The van der Waals surface area contributed by atoms with Crippen LogP contribution in [0.15, 0.2) is 42.7 Å². The lowest BCUT2D eigenvalue weighted by atomic mass is 10.1. The first-order valence-electron chi connectivity index (χ1n) is 9.44. The quantitative estimate of drug-likeness (QED) is 0.439. The second kappa shape index (κ2) is 11.0. The Morgan fingerprint density at radius 1 is 0.826 bits per heavy atom. The van der Waals surface area contributed by atoms with E-state index in [-0.39, 0.29) is 0 Å². The average molecular weight is 313 g/mol. The second-order valence-corrected chi connectivity index (χ2v) is 6.54. The summed E-state index contributed by atoms with van der Waals surface area (Å²) in [7, 11) is 0. The summed E-state index contributed by atoms with van der Waals surface area (Å²) in [5.41, 5.74) is 1.35. The summed E-state index contributed by atoms with van der Waals surface area (Å²) >= 11 is 0. The molecule has 2 aromatic rings. The highest BCUT2D eigenvalue weighted by Gasteiger charge is 2.03. The summed E-state index contributed by atoms with van der Waals surface area (Å²) in [5, 5.41) is 0. The zero-order chi connectivity index (χ0) is 16.2. The third-order valence-electron chi connectivity index (χ3n) is 4.50. The maximum absolute atomic E-state index is 4.54. The Morgan fingerprint density at radius 2 is 1.48 bits per heavy atom. The molecule has 0 N–H and O–H groups in total. The minimum absolute atomic E-state index is 0.938. The van der Waals surface area contributed by atoms with E-state index in [0.29, 0.717) is 0 Å². The minimum Gasteiger partial charge on any atom is -0.331 e. The van der Waals surface area contributed by atoms with Gasteiger partial charge < -0.3 is 4.57 Å². The first-order chi connectivity index (χ1) is 11.4. The first kappa shape index (κ1) is 17.8. The van der Waals surface area contributed by atoms with Crippen LogP contribution in [-0.2, 0) is 13.0 Å². The molecule has 23 heavy (non-hydrogen) atoms. The van der Waals surface area contributed by atoms with Crippen LogP contribution in [0.5, 0.6) is 0 Å². The van der Waals surface area contributed by atoms with Crippen molar-refractivity contribution < 1.29 is 0 Å². The molecule has 0 unspecified atom stereocenters. The van der Waals surface area contributed by atoms with Crippen molar-refractivity contribution in [1.82, 2.24) is 9.55 Å². The number of benzene rings is 1. The second-order valence-electron chi connectivity index (χ2n) is 6.54. The molecule has 0 aliphatic carbocycles. The Bertz CT molecular complexity index is 516. The van der Waals surface area contributed by atoms with Crippen LogP contribution < -0.4 is 0 Å². The monoisotopic (exact) mass is 312 g/mol. The van der Waals surface area contributed by atoms with Crippen molar-refractivity contribution in [3.8, 4) is 0 Å². The van der Waals surface area contributed by atoms with E-state index in [4.69, 9.17) is 0 Å². The molecule has 0 bridgehead atoms. The lowest BCUT2D eigenvalue weighted by molar-refractivity contribution is 0.558. The number of aromatic nitrogens is 2. The fourth-order valence-corrected chi connectivity index (χ4v) is 3.09. The normalized spacial score (nSPS) is 11.0. The van der Waals surface area contributed by atoms with Crippen LogP contribution in [0.25, 0.3) is 0 Å². The number of nitrogens with zero attached hydrogens (tertiary/aromatic N) is 2. The molecule has 1 aromatic carbocycles. The number of rotatable bonds is 12. The molecule has 2 nitrogen and oxygen atoms in total. The Kier molecular flexibility index (Phi) is 8.53. The highest BCUT2D eigenvalue weighted by atomic mass is 15.1. The molecular formula is C21H32N2. The molecule has 0 saturated carbocycles. The molecule has 0 aliphatic rings. The largest absolute Gasteiger partial charge is 0.331 e. The topological polar surface area (TPSA) is 17.8 Å². The Hall–Kier alpha value is -1.57. The molecular weight excluding hydrogens is 280 g/mol. The smallest absolute Gasteiger partial charge is 0.108 e. The number of hydrogen-bond donors (Lipinski definition) is 0. The molecule has 0 amide bonds. The van der Waals surface area contributed by atoms with Crippen LogP contribution >= 0.6 is 0 Å². The van der Waals surface area contributed by atoms with E-state index in [0.717, 1.165) is 13.0 Å². The van der Waals surface area contributed by atoms with Gasteiger partial charge in [-0.15, -0.1) is 0 Å². The molecule has 0 fully saturated rings. The van der Waals surface area contributed by atoms with E-state index in [1.807, 2.05) is 6.20 Å². The maximum Gasteiger partial charge on any atom is 0.108 e. The van der Waals surface area contributed by atoms with E-state index in [1.165, 1.54) is 69.2 Å². The summed E-state index contributed by atoms with van der Waals surface area (Å²) in [6, 6.07) is 10.6. The van der Waals surface area contributed by atoms with Crippen LogP contribution in [0.2, 0.25) is 0 Å². The third-order valence-corrected chi connectivity index (χ3v) is 4.50. The van der Waals surface area contributed by atoms with Crippen molar-refractivity contribution in [2.75, 3.05) is 0 Å². The first-order valence-corrected chi connectivity index (χ1v) is 9.44. The number of imidazole rings is 1. The predicted octanol–water partition coefficient (Wildman–Crippen LogP) is 6.00. The highest BCUT2D eigenvalue weighted by molar-refractivity contribution is 5.15. The standard InChI is InChI=1S/C21H32N2/c1-2-3-4-5-6-7-8-9-13-16-21-22-17-18-23(21)19-20-14-11-10-12-15-20/h10-12,14-15,17-18H,2-9,13,16,19H2,1H3. The Morgan fingerprint density at radius 3 is 2.17 bits per heavy atom. The SMILES string of the molecule is CCCCCCCCCCCc1nccn1Cc1ccccc1. The van der Waals surface area contributed by atoms with Crippen LogP contribution in [0.3, 0.4) is 0 Å². The van der Waals surface area contributed by atoms with Crippen LogP contribution in [0.1, 0.15) is 76.1 Å². The van der Waals surface area contributed by atoms with E-state index < -0.39 is 0 Å². The van der Waals surface area contributed by atoms with Gasteiger partial charge in [0.2, 0.25) is 0 Å². The minimum atomic E-state index is 0.938. The van der Waals surface area contributed by atoms with Crippen molar-refractivity contribution in [3.05, 3.63) is 54.1 Å². The van der Waals surface area contributed by atoms with Gasteiger partial charge in [0.05, 0.1) is 0 Å². The summed E-state index contributed by atoms with van der Waals surface area (Å²) in [6.07, 6.45) is 17.6. The molecule has 0 radical (unpaired) electrons. The van der Waals surface area contributed by atoms with Crippen LogP contribution in [-0.4, -0.2) is 9.55 Å². The van der Waals surface area contributed by atoms with Gasteiger partial charge in [-0.05, 0) is 12.0 Å². The summed E-state index contributed by atoms with van der Waals surface area (Å²) in [6.45, 7) is 3.22. The van der Waals surface area contributed by atoms with Gasteiger partial charge in [-0.25, -0.2) is 4.98 Å². The zero-order valence-electron chi connectivity index (χ0n) is 14.7. The van der Waals surface area contributed by atoms with Gasteiger partial charge in [-0.3, -0.25) is 0 Å². The van der Waals surface area contributed by atoms with Crippen molar-refractivity contribution in [2.24, 2.45) is 0 Å². The molecule has 2 rings (SSSR count). The van der Waals surface area contributed by atoms with Gasteiger partial charge in [-0.1, -0.05) is 88.6 Å². The van der Waals surface area contributed by atoms with Gasteiger partial charge in [0.1, 0.15) is 5.82 Å². The van der Waals surface area contributed by atoms with Crippen molar-refractivity contribution >= 4 is 0 Å². The molecule has 1 heterocycles. The predicted molar refractivity (Wildman–Crippen MR) is 98.7 cm³/mol. The van der Waals surface area contributed by atoms with Gasteiger partial charge in [0, 0.05) is 25.4 Å². The number of unbranched alkanes of at least 4 members (excludes halogenated alkanes) is 8. The van der Waals surface area contributed by atoms with Crippen molar-refractivity contribution in [1.29, 1.82) is 0 Å². The number of hydrogen-bond acceptors (Lipinski definition) is 1. The fraction of sp³-hybridized carbons (Fsp3) is 0.571. The maximum atomic E-state index is 4.54. The summed E-state index contributed by atoms with van der Waals surface area (Å²) < 4.78 is 2.29. The van der Waals surface area contributed by atoms with Crippen molar-refractivity contribution in [2.45, 2.75) is 77.7 Å². The van der Waals surface area contributed by atoms with E-state index >= 15 is 0 Å². The molecule has 2 heteroatoms. The summed E-state index contributed by atoms with van der Waals surface area (Å²) in [5.74, 6) is 1.23. The van der Waals surface area contributed by atoms with Gasteiger partial charge >= 0.3 is 0 Å². The van der Waals surface area contributed by atoms with Crippen molar-refractivity contribution in [3.63, 3.8) is 0 Å². The third kappa shape index (κ3) is 7.02. The molecule has 1 aromatic heterocycles. The lowest BCUT2D eigenvalue weighted by Gasteiger charge is -2.08. The van der Waals surface area contributed by atoms with Crippen LogP contribution in [0, 0.1) is 0 Å². The van der Waals surface area contributed by atoms with E-state index in [2.05, 4.69) is 53.0 Å². The zero-order valence-corrected chi connectivity index (χ0v) is 14.7. The van der Waals surface area contributed by atoms with Gasteiger partial charge in [0.25, 0.3) is 0 Å².